The molecule has 1 aliphatic heterocycles. The number of halogens is 3. The smallest absolute Gasteiger partial charge is 0.257 e. The number of rotatable bonds is 6. The number of likely N-dealkylation sites (tertiary alicyclic amines) is 1. The molecule has 3 amide bonds. The van der Waals surface area contributed by atoms with E-state index < -0.39 is 17.5 Å². The first-order chi connectivity index (χ1) is 15.3. The van der Waals surface area contributed by atoms with Crippen LogP contribution < -0.4 is 15.4 Å². The summed E-state index contributed by atoms with van der Waals surface area (Å²) in [4.78, 5) is 38.8. The highest BCUT2D eigenvalue weighted by atomic mass is 35.5. The number of carbonyl (C=O) groups is 3. The SMILES string of the molecule is COc1ccc(Cl)cc1C(=O)N1CCC(C(=O)NCC(=O)Nc2ccc(F)c(F)c2)CC1. The molecule has 1 fully saturated rings. The highest BCUT2D eigenvalue weighted by molar-refractivity contribution is 6.31. The van der Waals surface area contributed by atoms with Crippen molar-refractivity contribution in [2.45, 2.75) is 12.8 Å². The second-order valence-electron chi connectivity index (χ2n) is 7.31. The van der Waals surface area contributed by atoms with E-state index in [0.29, 0.717) is 42.3 Å². The third-order valence-electron chi connectivity index (χ3n) is 5.17. The molecule has 32 heavy (non-hydrogen) atoms. The number of hydrogen-bond donors (Lipinski definition) is 2. The lowest BCUT2D eigenvalue weighted by Gasteiger charge is -2.31. The van der Waals surface area contributed by atoms with Gasteiger partial charge in [0.1, 0.15) is 5.75 Å². The third-order valence-corrected chi connectivity index (χ3v) is 5.41. The average Bonchev–Trinajstić information content (AvgIpc) is 2.79. The lowest BCUT2D eigenvalue weighted by atomic mass is 9.95. The summed E-state index contributed by atoms with van der Waals surface area (Å²) < 4.78 is 31.4. The lowest BCUT2D eigenvalue weighted by Crippen LogP contribution is -2.44. The Hall–Kier alpha value is -3.20. The number of benzene rings is 2. The van der Waals surface area contributed by atoms with Crippen LogP contribution in [0.1, 0.15) is 23.2 Å². The molecule has 0 aliphatic carbocycles. The highest BCUT2D eigenvalue weighted by Crippen LogP contribution is 2.26. The Morgan fingerprint density at radius 2 is 1.81 bits per heavy atom. The quantitative estimate of drug-likeness (QED) is 0.685. The Bertz CT molecular complexity index is 1030. The average molecular weight is 466 g/mol. The van der Waals surface area contributed by atoms with Crippen LogP contribution in [0, 0.1) is 17.6 Å². The fourth-order valence-electron chi connectivity index (χ4n) is 3.45. The molecule has 1 saturated heterocycles. The van der Waals surface area contributed by atoms with Gasteiger partial charge in [-0.25, -0.2) is 8.78 Å². The van der Waals surface area contributed by atoms with Crippen molar-refractivity contribution in [3.63, 3.8) is 0 Å². The Morgan fingerprint density at radius 1 is 1.09 bits per heavy atom. The first-order valence-corrected chi connectivity index (χ1v) is 10.3. The summed E-state index contributed by atoms with van der Waals surface area (Å²) in [5.74, 6) is -3.13. The number of hydrogen-bond acceptors (Lipinski definition) is 4. The zero-order valence-electron chi connectivity index (χ0n) is 17.3. The monoisotopic (exact) mass is 465 g/mol. The van der Waals surface area contributed by atoms with Gasteiger partial charge in [-0.15, -0.1) is 0 Å². The fourth-order valence-corrected chi connectivity index (χ4v) is 3.63. The molecule has 2 N–H and O–H groups in total. The van der Waals surface area contributed by atoms with Gasteiger partial charge in [0, 0.05) is 35.8 Å². The van der Waals surface area contributed by atoms with Crippen molar-refractivity contribution in [3.8, 4) is 5.75 Å². The second kappa shape index (κ2) is 10.4. The maximum atomic E-state index is 13.2. The number of nitrogens with one attached hydrogen (secondary N) is 2. The van der Waals surface area contributed by atoms with Gasteiger partial charge < -0.3 is 20.3 Å². The van der Waals surface area contributed by atoms with Gasteiger partial charge in [0.15, 0.2) is 11.6 Å². The number of ether oxygens (including phenoxy) is 1. The van der Waals surface area contributed by atoms with Gasteiger partial charge >= 0.3 is 0 Å². The number of methoxy groups -OCH3 is 1. The van der Waals surface area contributed by atoms with Crippen molar-refractivity contribution >= 4 is 35.0 Å². The molecule has 0 bridgehead atoms. The minimum Gasteiger partial charge on any atom is -0.496 e. The molecule has 2 aromatic carbocycles. The maximum Gasteiger partial charge on any atom is 0.257 e. The predicted octanol–water partition coefficient (Wildman–Crippen LogP) is 3.23. The van der Waals surface area contributed by atoms with E-state index in [4.69, 9.17) is 16.3 Å². The molecule has 1 heterocycles. The highest BCUT2D eigenvalue weighted by Gasteiger charge is 2.29. The van der Waals surface area contributed by atoms with Crippen LogP contribution in [-0.2, 0) is 9.59 Å². The van der Waals surface area contributed by atoms with E-state index in [1.165, 1.54) is 13.2 Å². The Labute approximate surface area is 188 Å². The molecule has 0 unspecified atom stereocenters. The van der Waals surface area contributed by atoms with E-state index in [1.807, 2.05) is 0 Å². The summed E-state index contributed by atoms with van der Waals surface area (Å²) in [5.41, 5.74) is 0.447. The van der Waals surface area contributed by atoms with Gasteiger partial charge in [-0.1, -0.05) is 11.6 Å². The van der Waals surface area contributed by atoms with Gasteiger partial charge in [0.25, 0.3) is 5.91 Å². The molecule has 1 aliphatic rings. The Morgan fingerprint density at radius 3 is 2.47 bits per heavy atom. The minimum atomic E-state index is -1.08. The number of anilines is 1. The van der Waals surface area contributed by atoms with Crippen LogP contribution in [-0.4, -0.2) is 49.4 Å². The van der Waals surface area contributed by atoms with Crippen LogP contribution in [0.25, 0.3) is 0 Å². The van der Waals surface area contributed by atoms with Crippen LogP contribution in [0.4, 0.5) is 14.5 Å². The van der Waals surface area contributed by atoms with E-state index in [9.17, 15) is 23.2 Å². The second-order valence-corrected chi connectivity index (χ2v) is 7.74. The summed E-state index contributed by atoms with van der Waals surface area (Å²) in [6.07, 6.45) is 0.872. The molecule has 0 aromatic heterocycles. The molecule has 0 atom stereocenters. The van der Waals surface area contributed by atoms with Crippen molar-refractivity contribution in [2.24, 2.45) is 5.92 Å². The van der Waals surface area contributed by atoms with Crippen molar-refractivity contribution in [1.29, 1.82) is 0 Å². The predicted molar refractivity (Wildman–Crippen MR) is 115 cm³/mol. The maximum absolute atomic E-state index is 13.2. The van der Waals surface area contributed by atoms with Gasteiger partial charge in [-0.3, -0.25) is 14.4 Å². The first-order valence-electron chi connectivity index (χ1n) is 9.94. The summed E-state index contributed by atoms with van der Waals surface area (Å²) in [6.45, 7) is 0.429. The van der Waals surface area contributed by atoms with Crippen molar-refractivity contribution < 1.29 is 27.9 Å². The minimum absolute atomic E-state index is 0.0893. The van der Waals surface area contributed by atoms with E-state index >= 15 is 0 Å². The topological polar surface area (TPSA) is 87.7 Å². The van der Waals surface area contributed by atoms with Gasteiger partial charge in [-0.2, -0.15) is 0 Å². The van der Waals surface area contributed by atoms with E-state index in [0.717, 1.165) is 12.1 Å². The summed E-state index contributed by atoms with van der Waals surface area (Å²) >= 11 is 6.00. The van der Waals surface area contributed by atoms with Crippen LogP contribution >= 0.6 is 11.6 Å². The van der Waals surface area contributed by atoms with E-state index in [1.54, 1.807) is 23.1 Å². The largest absolute Gasteiger partial charge is 0.496 e. The van der Waals surface area contributed by atoms with E-state index in [-0.39, 0.29) is 30.0 Å². The van der Waals surface area contributed by atoms with E-state index in [2.05, 4.69) is 10.6 Å². The first kappa shape index (κ1) is 23.5. The standard InChI is InChI=1S/C22H22ClF2N3O4/c1-32-19-5-2-14(23)10-16(19)22(31)28-8-6-13(7-9-28)21(30)26-12-20(29)27-15-3-4-17(24)18(25)11-15/h2-5,10-11,13H,6-9,12H2,1H3,(H,26,30)(H,27,29). The van der Waals surface area contributed by atoms with Crippen LogP contribution in [0.15, 0.2) is 36.4 Å². The molecule has 0 radical (unpaired) electrons. The Kier molecular flexibility index (Phi) is 7.63. The lowest BCUT2D eigenvalue weighted by molar-refractivity contribution is -0.128. The normalized spacial score (nSPS) is 14.1. The summed E-state index contributed by atoms with van der Waals surface area (Å²) in [7, 11) is 1.47. The number of amides is 3. The molecule has 10 heteroatoms. The Balaban J connectivity index is 1.48. The van der Waals surface area contributed by atoms with Gasteiger partial charge in [0.05, 0.1) is 19.2 Å². The molecular weight excluding hydrogens is 444 g/mol. The van der Waals surface area contributed by atoms with Crippen LogP contribution in [0.2, 0.25) is 5.02 Å². The van der Waals surface area contributed by atoms with Crippen LogP contribution in [0.3, 0.4) is 0 Å². The fraction of sp³-hybridized carbons (Fsp3) is 0.318. The van der Waals surface area contributed by atoms with Crippen molar-refractivity contribution in [1.82, 2.24) is 10.2 Å². The number of nitrogens with zero attached hydrogens (tertiary/aromatic N) is 1. The molecule has 3 rings (SSSR count). The van der Waals surface area contributed by atoms with Crippen LogP contribution in [0.5, 0.6) is 5.75 Å². The van der Waals surface area contributed by atoms with Crippen molar-refractivity contribution in [3.05, 3.63) is 58.6 Å². The molecule has 0 spiro atoms. The van der Waals surface area contributed by atoms with Gasteiger partial charge in [0.2, 0.25) is 11.8 Å². The number of piperidine rings is 1. The zero-order chi connectivity index (χ0) is 23.3. The summed E-state index contributed by atoms with van der Waals surface area (Å²) in [5, 5.41) is 5.35. The molecule has 2 aromatic rings. The van der Waals surface area contributed by atoms with Gasteiger partial charge in [-0.05, 0) is 43.2 Å². The molecular formula is C22H22ClF2N3O4. The molecule has 7 nitrogen and oxygen atoms in total. The summed E-state index contributed by atoms with van der Waals surface area (Å²) in [6, 6.07) is 7.79. The third kappa shape index (κ3) is 5.73. The molecule has 0 saturated carbocycles. The van der Waals surface area contributed by atoms with Crippen molar-refractivity contribution in [2.75, 3.05) is 32.1 Å². The number of carbonyl (C=O) groups excluding carboxylic acids is 3. The molecule has 170 valence electrons. The zero-order valence-corrected chi connectivity index (χ0v) is 18.0.